The molecule has 0 aliphatic carbocycles. The number of nitrogens with two attached hydrogens (primary N) is 1. The fourth-order valence-electron chi connectivity index (χ4n) is 1.53. The zero-order valence-corrected chi connectivity index (χ0v) is 12.4. The second-order valence-corrected chi connectivity index (χ2v) is 5.48. The van der Waals surface area contributed by atoms with E-state index in [4.69, 9.17) is 5.73 Å². The summed E-state index contributed by atoms with van der Waals surface area (Å²) >= 11 is 1.59. The van der Waals surface area contributed by atoms with Crippen LogP contribution in [0.2, 0.25) is 0 Å². The highest BCUT2D eigenvalue weighted by Crippen LogP contribution is 2.01. The number of rotatable bonds is 13. The Morgan fingerprint density at radius 1 is 1.17 bits per heavy atom. The molecule has 0 aromatic carbocycles. The molecule has 0 rings (SSSR count). The van der Waals surface area contributed by atoms with E-state index >= 15 is 0 Å². The first-order valence-corrected chi connectivity index (χ1v) is 8.14. The fourth-order valence-corrected chi connectivity index (χ4v) is 2.17. The molecule has 0 bridgehead atoms. The summed E-state index contributed by atoms with van der Waals surface area (Å²) in [4.78, 5) is 10.5. The first-order chi connectivity index (χ1) is 8.77. The lowest BCUT2D eigenvalue weighted by Crippen LogP contribution is -2.20. The van der Waals surface area contributed by atoms with E-state index < -0.39 is 0 Å². The molecule has 3 nitrogen and oxygen atoms in total. The lowest BCUT2D eigenvalue weighted by molar-refractivity contribution is -0.115. The molecule has 0 aromatic rings. The Kier molecular flexibility index (Phi) is 14.2. The molecule has 3 N–H and O–H groups in total. The predicted molar refractivity (Wildman–Crippen MR) is 81.9 cm³/mol. The van der Waals surface area contributed by atoms with Gasteiger partial charge in [-0.05, 0) is 32.2 Å². The van der Waals surface area contributed by atoms with Crippen molar-refractivity contribution in [2.24, 2.45) is 5.73 Å². The number of allylic oxidation sites excluding steroid dienone is 2. The monoisotopic (exact) mass is 272 g/mol. The lowest BCUT2D eigenvalue weighted by Gasteiger charge is -2.02. The van der Waals surface area contributed by atoms with Crippen LogP contribution in [-0.4, -0.2) is 30.5 Å². The molecular weight excluding hydrogens is 244 g/mol. The Bertz CT molecular complexity index is 220. The molecule has 106 valence electrons. The Labute approximate surface area is 116 Å². The summed E-state index contributed by atoms with van der Waals surface area (Å²) in [6, 6.07) is 0. The van der Waals surface area contributed by atoms with Crippen molar-refractivity contribution in [3.8, 4) is 0 Å². The van der Waals surface area contributed by atoms with Crippen molar-refractivity contribution in [2.45, 2.75) is 45.4 Å². The summed E-state index contributed by atoms with van der Waals surface area (Å²) in [5, 5.41) is 3.36. The number of hydrogen-bond donors (Lipinski definition) is 2. The molecule has 0 saturated carbocycles. The minimum absolute atomic E-state index is 0.229. The van der Waals surface area contributed by atoms with E-state index in [1.165, 1.54) is 32.1 Å². The number of primary amides is 1. The number of nitrogens with one attached hydrogen (secondary N) is 1. The van der Waals surface area contributed by atoms with Gasteiger partial charge in [0, 0.05) is 12.3 Å². The minimum atomic E-state index is -0.229. The third kappa shape index (κ3) is 15.5. The fraction of sp³-hybridized carbons (Fsp3) is 0.786. The topological polar surface area (TPSA) is 55.1 Å². The molecule has 0 aliphatic rings. The SMILES string of the molecule is CCCCC/C=C/CCCNCCSCC(N)=O. The van der Waals surface area contributed by atoms with Gasteiger partial charge in [-0.25, -0.2) is 0 Å². The van der Waals surface area contributed by atoms with Gasteiger partial charge in [-0.1, -0.05) is 31.9 Å². The maximum Gasteiger partial charge on any atom is 0.227 e. The summed E-state index contributed by atoms with van der Waals surface area (Å²) in [6.07, 6.45) is 12.1. The highest BCUT2D eigenvalue weighted by Gasteiger charge is 1.93. The van der Waals surface area contributed by atoms with Crippen LogP contribution in [0.1, 0.15) is 45.4 Å². The van der Waals surface area contributed by atoms with E-state index in [0.29, 0.717) is 5.75 Å². The van der Waals surface area contributed by atoms with Crippen LogP contribution in [0.5, 0.6) is 0 Å². The van der Waals surface area contributed by atoms with Crippen molar-refractivity contribution in [2.75, 3.05) is 24.6 Å². The maximum atomic E-state index is 10.5. The predicted octanol–water partition coefficient (Wildman–Crippen LogP) is 2.71. The third-order valence-corrected chi connectivity index (χ3v) is 3.51. The van der Waals surface area contributed by atoms with Gasteiger partial charge in [-0.2, -0.15) is 11.8 Å². The Hall–Kier alpha value is -0.480. The van der Waals surface area contributed by atoms with Crippen LogP contribution in [-0.2, 0) is 4.79 Å². The number of thioether (sulfide) groups is 1. The van der Waals surface area contributed by atoms with Gasteiger partial charge in [-0.15, -0.1) is 0 Å². The normalized spacial score (nSPS) is 11.2. The highest BCUT2D eigenvalue weighted by atomic mass is 32.2. The second-order valence-electron chi connectivity index (χ2n) is 4.38. The lowest BCUT2D eigenvalue weighted by atomic mass is 10.2. The molecule has 0 heterocycles. The number of unbranched alkanes of at least 4 members (excludes halogenated alkanes) is 4. The van der Waals surface area contributed by atoms with Crippen molar-refractivity contribution >= 4 is 17.7 Å². The highest BCUT2D eigenvalue weighted by molar-refractivity contribution is 7.99. The van der Waals surface area contributed by atoms with E-state index in [9.17, 15) is 4.79 Å². The first kappa shape index (κ1) is 17.5. The summed E-state index contributed by atoms with van der Waals surface area (Å²) in [6.45, 7) is 4.24. The van der Waals surface area contributed by atoms with Crippen LogP contribution in [0, 0.1) is 0 Å². The van der Waals surface area contributed by atoms with Gasteiger partial charge in [0.2, 0.25) is 5.91 Å². The number of hydrogen-bond acceptors (Lipinski definition) is 3. The van der Waals surface area contributed by atoms with E-state index in [1.807, 2.05) is 0 Å². The molecule has 0 aromatic heterocycles. The molecule has 1 amide bonds. The van der Waals surface area contributed by atoms with Gasteiger partial charge in [0.05, 0.1) is 5.75 Å². The summed E-state index contributed by atoms with van der Waals surface area (Å²) in [7, 11) is 0. The molecule has 0 aliphatic heterocycles. The summed E-state index contributed by atoms with van der Waals surface area (Å²) in [5.74, 6) is 1.16. The van der Waals surface area contributed by atoms with Gasteiger partial charge in [0.15, 0.2) is 0 Å². The quantitative estimate of drug-likeness (QED) is 0.400. The number of amides is 1. The Balaban J connectivity index is 3.04. The molecule has 0 saturated heterocycles. The molecule has 0 spiro atoms. The van der Waals surface area contributed by atoms with Crippen LogP contribution in [0.4, 0.5) is 0 Å². The molecule has 0 atom stereocenters. The van der Waals surface area contributed by atoms with E-state index in [1.54, 1.807) is 11.8 Å². The number of carbonyl (C=O) groups excluding carboxylic acids is 1. The Morgan fingerprint density at radius 2 is 1.89 bits per heavy atom. The van der Waals surface area contributed by atoms with Crippen LogP contribution in [0.15, 0.2) is 12.2 Å². The van der Waals surface area contributed by atoms with Gasteiger partial charge < -0.3 is 11.1 Å². The van der Waals surface area contributed by atoms with Crippen molar-refractivity contribution in [1.82, 2.24) is 5.32 Å². The maximum absolute atomic E-state index is 10.5. The van der Waals surface area contributed by atoms with Crippen molar-refractivity contribution in [3.05, 3.63) is 12.2 Å². The molecule has 0 radical (unpaired) electrons. The molecule has 4 heteroatoms. The van der Waals surface area contributed by atoms with Crippen LogP contribution < -0.4 is 11.1 Å². The van der Waals surface area contributed by atoms with Crippen LogP contribution in [0.3, 0.4) is 0 Å². The van der Waals surface area contributed by atoms with E-state index in [2.05, 4.69) is 24.4 Å². The van der Waals surface area contributed by atoms with Crippen LogP contribution >= 0.6 is 11.8 Å². The van der Waals surface area contributed by atoms with Crippen molar-refractivity contribution in [1.29, 1.82) is 0 Å². The van der Waals surface area contributed by atoms with Gasteiger partial charge in [0.1, 0.15) is 0 Å². The summed E-state index contributed by atoms with van der Waals surface area (Å²) in [5.41, 5.74) is 5.04. The van der Waals surface area contributed by atoms with Gasteiger partial charge in [0.25, 0.3) is 0 Å². The van der Waals surface area contributed by atoms with E-state index in [-0.39, 0.29) is 5.91 Å². The van der Waals surface area contributed by atoms with Crippen molar-refractivity contribution in [3.63, 3.8) is 0 Å². The third-order valence-electron chi connectivity index (χ3n) is 2.53. The largest absolute Gasteiger partial charge is 0.369 e. The standard InChI is InChI=1S/C14H28N2OS/c1-2-3-4-5-6-7-8-9-10-16-11-12-18-13-14(15)17/h6-7,16H,2-5,8-13H2,1H3,(H2,15,17)/b7-6+. The molecule has 18 heavy (non-hydrogen) atoms. The van der Waals surface area contributed by atoms with Gasteiger partial charge >= 0.3 is 0 Å². The average molecular weight is 272 g/mol. The van der Waals surface area contributed by atoms with Crippen LogP contribution in [0.25, 0.3) is 0 Å². The molecule has 0 fully saturated rings. The Morgan fingerprint density at radius 3 is 2.56 bits per heavy atom. The zero-order valence-electron chi connectivity index (χ0n) is 11.6. The number of carbonyl (C=O) groups is 1. The van der Waals surface area contributed by atoms with Crippen molar-refractivity contribution < 1.29 is 4.79 Å². The molecule has 0 unspecified atom stereocenters. The zero-order chi connectivity index (χ0) is 13.5. The minimum Gasteiger partial charge on any atom is -0.369 e. The average Bonchev–Trinajstić information content (AvgIpc) is 2.34. The van der Waals surface area contributed by atoms with E-state index in [0.717, 1.165) is 25.3 Å². The second kappa shape index (κ2) is 14.6. The smallest absolute Gasteiger partial charge is 0.227 e. The summed E-state index contributed by atoms with van der Waals surface area (Å²) < 4.78 is 0. The van der Waals surface area contributed by atoms with Gasteiger partial charge in [-0.3, -0.25) is 4.79 Å². The molecular formula is C14H28N2OS. The first-order valence-electron chi connectivity index (χ1n) is 6.99.